The minimum absolute atomic E-state index is 0.0421. The molecule has 3 N–H and O–H groups in total. The molecule has 0 unspecified atom stereocenters. The van der Waals surface area contributed by atoms with Gasteiger partial charge in [0.05, 0.1) is 18.0 Å². The molecule has 14 heavy (non-hydrogen) atoms. The molecule has 0 saturated heterocycles. The number of rotatable bonds is 3. The van der Waals surface area contributed by atoms with E-state index in [0.717, 1.165) is 0 Å². The third kappa shape index (κ3) is 2.14. The molecular weight excluding hydrogens is 207 g/mol. The Morgan fingerprint density at radius 1 is 1.64 bits per heavy atom. The quantitative estimate of drug-likeness (QED) is 0.600. The molecule has 76 valence electrons. The van der Waals surface area contributed by atoms with Gasteiger partial charge >= 0.3 is 0 Å². The molecule has 0 bridgehead atoms. The minimum atomic E-state index is -0.538. The number of hydrogen-bond donors (Lipinski definition) is 2. The van der Waals surface area contributed by atoms with Crippen LogP contribution in [0.4, 0.5) is 4.39 Å². The van der Waals surface area contributed by atoms with Gasteiger partial charge in [-0.1, -0.05) is 11.6 Å². The third-order valence-corrected chi connectivity index (χ3v) is 2.15. The summed E-state index contributed by atoms with van der Waals surface area (Å²) in [7, 11) is 1.45. The second-order valence-corrected chi connectivity index (χ2v) is 3.12. The maximum Gasteiger partial charge on any atom is 0.142 e. The number of amidine groups is 1. The van der Waals surface area contributed by atoms with Crippen LogP contribution in [-0.2, 0) is 6.42 Å². The van der Waals surface area contributed by atoms with Crippen LogP contribution in [0.25, 0.3) is 0 Å². The Labute approximate surface area is 86.1 Å². The first-order valence-electron chi connectivity index (χ1n) is 3.90. The van der Waals surface area contributed by atoms with Gasteiger partial charge in [0, 0.05) is 12.0 Å². The second-order valence-electron chi connectivity index (χ2n) is 2.74. The molecule has 0 radical (unpaired) electrons. The first kappa shape index (κ1) is 10.8. The first-order chi connectivity index (χ1) is 6.56. The largest absolute Gasteiger partial charge is 0.496 e. The molecule has 0 amide bonds. The molecule has 1 rings (SSSR count). The van der Waals surface area contributed by atoms with Crippen molar-refractivity contribution in [3.63, 3.8) is 0 Å². The van der Waals surface area contributed by atoms with E-state index < -0.39 is 5.82 Å². The number of hydrogen-bond acceptors (Lipinski definition) is 2. The monoisotopic (exact) mass is 216 g/mol. The van der Waals surface area contributed by atoms with Gasteiger partial charge in [-0.15, -0.1) is 0 Å². The standard InChI is InChI=1S/C9H10ClFN2O/c1-14-7-3-2-6(11)9(10)5(7)4-8(12)13/h2-3H,4H2,1H3,(H3,12,13). The van der Waals surface area contributed by atoms with Crippen LogP contribution in [-0.4, -0.2) is 12.9 Å². The highest BCUT2D eigenvalue weighted by atomic mass is 35.5. The number of halogens is 2. The van der Waals surface area contributed by atoms with E-state index in [2.05, 4.69) is 0 Å². The van der Waals surface area contributed by atoms with Gasteiger partial charge < -0.3 is 10.5 Å². The zero-order chi connectivity index (χ0) is 10.7. The zero-order valence-corrected chi connectivity index (χ0v) is 8.36. The molecule has 0 fully saturated rings. The summed E-state index contributed by atoms with van der Waals surface area (Å²) in [5, 5.41) is 7.07. The summed E-state index contributed by atoms with van der Waals surface area (Å²) < 4.78 is 18.0. The lowest BCUT2D eigenvalue weighted by Gasteiger charge is -2.09. The summed E-state index contributed by atoms with van der Waals surface area (Å²) >= 11 is 5.71. The summed E-state index contributed by atoms with van der Waals surface area (Å²) in [5.74, 6) is -0.189. The van der Waals surface area contributed by atoms with Crippen LogP contribution in [0.5, 0.6) is 5.75 Å². The Morgan fingerprint density at radius 3 is 2.79 bits per heavy atom. The highest BCUT2D eigenvalue weighted by Gasteiger charge is 2.12. The van der Waals surface area contributed by atoms with Crippen molar-refractivity contribution in [2.24, 2.45) is 5.73 Å². The molecule has 0 aliphatic heterocycles. The van der Waals surface area contributed by atoms with Crippen LogP contribution < -0.4 is 10.5 Å². The molecular formula is C9H10ClFN2O. The number of ether oxygens (including phenoxy) is 1. The fourth-order valence-electron chi connectivity index (χ4n) is 1.12. The molecule has 1 aromatic rings. The van der Waals surface area contributed by atoms with E-state index in [-0.39, 0.29) is 17.3 Å². The lowest BCUT2D eigenvalue weighted by atomic mass is 10.1. The molecule has 0 aliphatic rings. The van der Waals surface area contributed by atoms with E-state index in [1.807, 2.05) is 0 Å². The van der Waals surface area contributed by atoms with Crippen molar-refractivity contribution in [1.82, 2.24) is 0 Å². The zero-order valence-electron chi connectivity index (χ0n) is 7.60. The molecule has 0 aliphatic carbocycles. The van der Waals surface area contributed by atoms with Crippen LogP contribution in [0, 0.1) is 11.2 Å². The third-order valence-electron chi connectivity index (χ3n) is 1.74. The molecule has 5 heteroatoms. The number of benzene rings is 1. The van der Waals surface area contributed by atoms with Crippen LogP contribution in [0.2, 0.25) is 5.02 Å². The van der Waals surface area contributed by atoms with Crippen LogP contribution in [0.1, 0.15) is 5.56 Å². The molecule has 0 atom stereocenters. The number of nitrogens with two attached hydrogens (primary N) is 1. The topological polar surface area (TPSA) is 59.1 Å². The normalized spacial score (nSPS) is 9.93. The molecule has 0 heterocycles. The second kappa shape index (κ2) is 4.28. The highest BCUT2D eigenvalue weighted by Crippen LogP contribution is 2.29. The predicted molar refractivity (Wildman–Crippen MR) is 53.6 cm³/mol. The Bertz CT molecular complexity index is 368. The summed E-state index contributed by atoms with van der Waals surface area (Å²) in [6.07, 6.45) is 0.0831. The van der Waals surface area contributed by atoms with E-state index in [4.69, 9.17) is 27.5 Å². The van der Waals surface area contributed by atoms with Crippen molar-refractivity contribution in [2.45, 2.75) is 6.42 Å². The van der Waals surface area contributed by atoms with Crippen molar-refractivity contribution >= 4 is 17.4 Å². The van der Waals surface area contributed by atoms with Gasteiger partial charge in [-0.25, -0.2) is 4.39 Å². The highest BCUT2D eigenvalue weighted by molar-refractivity contribution is 6.31. The van der Waals surface area contributed by atoms with Crippen molar-refractivity contribution in [3.05, 3.63) is 28.5 Å². The van der Waals surface area contributed by atoms with E-state index in [1.54, 1.807) is 0 Å². The van der Waals surface area contributed by atoms with Crippen molar-refractivity contribution in [1.29, 1.82) is 5.41 Å². The molecule has 0 saturated carbocycles. The minimum Gasteiger partial charge on any atom is -0.496 e. The fraction of sp³-hybridized carbons (Fsp3) is 0.222. The number of nitrogens with one attached hydrogen (secondary N) is 1. The van der Waals surface area contributed by atoms with Gasteiger partial charge in [-0.2, -0.15) is 0 Å². The van der Waals surface area contributed by atoms with Gasteiger partial charge in [-0.3, -0.25) is 5.41 Å². The number of methoxy groups -OCH3 is 1. The summed E-state index contributed by atoms with van der Waals surface area (Å²) in [4.78, 5) is 0. The smallest absolute Gasteiger partial charge is 0.142 e. The fourth-order valence-corrected chi connectivity index (χ4v) is 1.34. The van der Waals surface area contributed by atoms with E-state index in [0.29, 0.717) is 11.3 Å². The predicted octanol–water partition coefficient (Wildman–Crippen LogP) is 1.97. The SMILES string of the molecule is COc1ccc(F)c(Cl)c1CC(=N)N. The Hall–Kier alpha value is -1.29. The van der Waals surface area contributed by atoms with Gasteiger partial charge in [0.1, 0.15) is 11.6 Å². The van der Waals surface area contributed by atoms with Gasteiger partial charge in [0.15, 0.2) is 0 Å². The lowest BCUT2D eigenvalue weighted by Crippen LogP contribution is -2.14. The average Bonchev–Trinajstić information content (AvgIpc) is 2.13. The molecule has 3 nitrogen and oxygen atoms in total. The van der Waals surface area contributed by atoms with E-state index >= 15 is 0 Å². The summed E-state index contributed by atoms with van der Waals surface area (Å²) in [6, 6.07) is 2.67. The molecule has 0 spiro atoms. The van der Waals surface area contributed by atoms with Crippen LogP contribution in [0.3, 0.4) is 0 Å². The Kier molecular flexibility index (Phi) is 3.30. The molecule has 0 aromatic heterocycles. The summed E-state index contributed by atoms with van der Waals surface area (Å²) in [6.45, 7) is 0. The van der Waals surface area contributed by atoms with Crippen LogP contribution >= 0.6 is 11.6 Å². The van der Waals surface area contributed by atoms with Gasteiger partial charge in [0.2, 0.25) is 0 Å². The van der Waals surface area contributed by atoms with Gasteiger partial charge in [-0.05, 0) is 12.1 Å². The average molecular weight is 217 g/mol. The van der Waals surface area contributed by atoms with E-state index in [9.17, 15) is 4.39 Å². The van der Waals surface area contributed by atoms with Crippen molar-refractivity contribution < 1.29 is 9.13 Å². The maximum absolute atomic E-state index is 13.0. The molecule has 1 aromatic carbocycles. The van der Waals surface area contributed by atoms with Crippen molar-refractivity contribution in [2.75, 3.05) is 7.11 Å². The lowest BCUT2D eigenvalue weighted by molar-refractivity contribution is 0.409. The summed E-state index contributed by atoms with van der Waals surface area (Å²) in [5.41, 5.74) is 5.62. The van der Waals surface area contributed by atoms with Crippen LogP contribution in [0.15, 0.2) is 12.1 Å². The maximum atomic E-state index is 13.0. The van der Waals surface area contributed by atoms with E-state index in [1.165, 1.54) is 19.2 Å². The van der Waals surface area contributed by atoms with Gasteiger partial charge in [0.25, 0.3) is 0 Å². The van der Waals surface area contributed by atoms with Crippen molar-refractivity contribution in [3.8, 4) is 5.75 Å². The first-order valence-corrected chi connectivity index (χ1v) is 4.27. The Balaban J connectivity index is 3.20. The Morgan fingerprint density at radius 2 is 2.29 bits per heavy atom.